The molecule has 1 saturated carbocycles. The van der Waals surface area contributed by atoms with E-state index in [0.717, 1.165) is 61.5 Å². The Hall–Kier alpha value is -2.89. The minimum absolute atomic E-state index is 0.0320. The summed E-state index contributed by atoms with van der Waals surface area (Å²) in [5, 5.41) is 3.35. The molecule has 4 rings (SSSR count). The number of fused-ring (bicyclic) bond motifs is 1. The highest BCUT2D eigenvalue weighted by Gasteiger charge is 2.40. The molecular weight excluding hydrogens is 354 g/mol. The predicted molar refractivity (Wildman–Crippen MR) is 107 cm³/mol. The summed E-state index contributed by atoms with van der Waals surface area (Å²) in [6.45, 7) is 2.97. The van der Waals surface area contributed by atoms with Crippen molar-refractivity contribution >= 4 is 34.8 Å². The lowest BCUT2D eigenvalue weighted by Gasteiger charge is -2.35. The van der Waals surface area contributed by atoms with Gasteiger partial charge in [-0.2, -0.15) is 0 Å². The number of aryl methyl sites for hydroxylation is 1. The number of barbiturate groups is 1. The van der Waals surface area contributed by atoms with Crippen LogP contribution in [0.2, 0.25) is 0 Å². The number of imide groups is 2. The van der Waals surface area contributed by atoms with E-state index in [0.29, 0.717) is 0 Å². The summed E-state index contributed by atoms with van der Waals surface area (Å²) >= 11 is 0. The van der Waals surface area contributed by atoms with Gasteiger partial charge in [0.15, 0.2) is 0 Å². The molecule has 1 aliphatic carbocycles. The van der Waals surface area contributed by atoms with Gasteiger partial charge in [0.25, 0.3) is 11.8 Å². The van der Waals surface area contributed by atoms with Crippen molar-refractivity contribution in [2.75, 3.05) is 0 Å². The van der Waals surface area contributed by atoms with Crippen molar-refractivity contribution in [1.82, 2.24) is 14.8 Å². The normalized spacial score (nSPS) is 20.2. The lowest BCUT2D eigenvalue weighted by Crippen LogP contribution is -2.58. The van der Waals surface area contributed by atoms with E-state index in [1.165, 1.54) is 4.90 Å². The highest BCUT2D eigenvalue weighted by molar-refractivity contribution is 6.31. The Morgan fingerprint density at radius 1 is 1.11 bits per heavy atom. The van der Waals surface area contributed by atoms with E-state index in [1.54, 1.807) is 6.08 Å². The molecule has 2 heterocycles. The van der Waals surface area contributed by atoms with Gasteiger partial charge < -0.3 is 4.57 Å². The molecular formula is C22H25N3O3. The fourth-order valence-electron chi connectivity index (χ4n) is 4.31. The number of aromatic nitrogens is 1. The van der Waals surface area contributed by atoms with Crippen LogP contribution in [0.25, 0.3) is 17.0 Å². The first-order valence-corrected chi connectivity index (χ1v) is 10.1. The summed E-state index contributed by atoms with van der Waals surface area (Å²) in [4.78, 5) is 39.2. The molecule has 1 aromatic heterocycles. The number of carbonyl (C=O) groups excluding carboxylic acids is 3. The summed E-state index contributed by atoms with van der Waals surface area (Å²) in [6, 6.07) is 7.23. The maximum Gasteiger partial charge on any atom is 0.331 e. The number of benzene rings is 1. The molecule has 2 fully saturated rings. The van der Waals surface area contributed by atoms with E-state index in [1.807, 2.05) is 30.5 Å². The van der Waals surface area contributed by atoms with Gasteiger partial charge in [0, 0.05) is 35.2 Å². The van der Waals surface area contributed by atoms with Crippen molar-refractivity contribution < 1.29 is 14.4 Å². The molecule has 146 valence electrons. The van der Waals surface area contributed by atoms with Gasteiger partial charge in [-0.05, 0) is 31.4 Å². The minimum Gasteiger partial charge on any atom is -0.347 e. The number of hydrogen-bond donors (Lipinski definition) is 1. The predicted octanol–water partition coefficient (Wildman–Crippen LogP) is 3.85. The summed E-state index contributed by atoms with van der Waals surface area (Å²) in [6.07, 6.45) is 9.32. The minimum atomic E-state index is -0.616. The SMILES string of the molecule is CCCn1cc(/C=C2/C(=O)NC(=O)N(C3CCCCC3)C2=O)c2ccccc21. The second-order valence-corrected chi connectivity index (χ2v) is 7.58. The van der Waals surface area contributed by atoms with Crippen molar-refractivity contribution in [3.8, 4) is 0 Å². The van der Waals surface area contributed by atoms with E-state index in [4.69, 9.17) is 0 Å². The quantitative estimate of drug-likeness (QED) is 0.648. The molecule has 1 saturated heterocycles. The number of amides is 4. The third kappa shape index (κ3) is 3.23. The summed E-state index contributed by atoms with van der Waals surface area (Å²) in [5.74, 6) is -1.10. The zero-order valence-electron chi connectivity index (χ0n) is 16.1. The summed E-state index contributed by atoms with van der Waals surface area (Å²) in [5.41, 5.74) is 1.92. The van der Waals surface area contributed by atoms with Gasteiger partial charge in [0.05, 0.1) is 0 Å². The molecule has 28 heavy (non-hydrogen) atoms. The molecule has 1 aliphatic heterocycles. The van der Waals surface area contributed by atoms with E-state index >= 15 is 0 Å². The number of carbonyl (C=O) groups is 3. The molecule has 2 aliphatic rings. The molecule has 0 spiro atoms. The number of urea groups is 1. The van der Waals surface area contributed by atoms with E-state index in [2.05, 4.69) is 16.8 Å². The lowest BCUT2D eigenvalue weighted by atomic mass is 9.93. The zero-order chi connectivity index (χ0) is 19.7. The van der Waals surface area contributed by atoms with Crippen LogP contribution < -0.4 is 5.32 Å². The average Bonchev–Trinajstić information content (AvgIpc) is 3.04. The molecule has 6 heteroatoms. The molecule has 0 bridgehead atoms. The zero-order valence-corrected chi connectivity index (χ0v) is 16.1. The van der Waals surface area contributed by atoms with Crippen molar-refractivity contribution in [2.24, 2.45) is 0 Å². The van der Waals surface area contributed by atoms with Crippen molar-refractivity contribution in [1.29, 1.82) is 0 Å². The maximum absolute atomic E-state index is 13.1. The molecule has 0 atom stereocenters. The van der Waals surface area contributed by atoms with Crippen LogP contribution in [0.4, 0.5) is 4.79 Å². The van der Waals surface area contributed by atoms with Crippen LogP contribution in [-0.4, -0.2) is 33.4 Å². The van der Waals surface area contributed by atoms with Crippen LogP contribution in [0.1, 0.15) is 51.0 Å². The Kier molecular flexibility index (Phi) is 5.03. The average molecular weight is 379 g/mol. The van der Waals surface area contributed by atoms with Gasteiger partial charge in [0.2, 0.25) is 0 Å². The van der Waals surface area contributed by atoms with Gasteiger partial charge >= 0.3 is 6.03 Å². The van der Waals surface area contributed by atoms with Crippen LogP contribution in [0.15, 0.2) is 36.0 Å². The fraction of sp³-hybridized carbons (Fsp3) is 0.409. The van der Waals surface area contributed by atoms with Gasteiger partial charge in [-0.1, -0.05) is 44.4 Å². The largest absolute Gasteiger partial charge is 0.347 e. The van der Waals surface area contributed by atoms with E-state index in [-0.39, 0.29) is 11.6 Å². The van der Waals surface area contributed by atoms with Crippen LogP contribution in [0, 0.1) is 0 Å². The van der Waals surface area contributed by atoms with Gasteiger partial charge in [-0.25, -0.2) is 4.79 Å². The fourth-order valence-corrected chi connectivity index (χ4v) is 4.31. The first-order chi connectivity index (χ1) is 13.6. The number of para-hydroxylation sites is 1. The summed E-state index contributed by atoms with van der Waals surface area (Å²) in [7, 11) is 0. The number of nitrogens with one attached hydrogen (secondary N) is 1. The Bertz CT molecular complexity index is 967. The van der Waals surface area contributed by atoms with Crippen molar-refractivity contribution in [2.45, 2.75) is 58.0 Å². The first-order valence-electron chi connectivity index (χ1n) is 10.1. The molecule has 4 amide bonds. The standard InChI is InChI=1S/C22H25N3O3/c1-2-12-24-14-15(17-10-6-7-11-19(17)24)13-18-20(26)23-22(28)25(21(18)27)16-8-4-3-5-9-16/h6-7,10-11,13-14,16H,2-5,8-9,12H2,1H3,(H,23,26,28)/b18-13-. The second-order valence-electron chi connectivity index (χ2n) is 7.58. The third-order valence-corrected chi connectivity index (χ3v) is 5.66. The van der Waals surface area contributed by atoms with E-state index < -0.39 is 17.8 Å². The van der Waals surface area contributed by atoms with Crippen LogP contribution in [0.5, 0.6) is 0 Å². The molecule has 1 N–H and O–H groups in total. The van der Waals surface area contributed by atoms with E-state index in [9.17, 15) is 14.4 Å². The monoisotopic (exact) mass is 379 g/mol. The third-order valence-electron chi connectivity index (χ3n) is 5.66. The topological polar surface area (TPSA) is 71.4 Å². The van der Waals surface area contributed by atoms with Crippen LogP contribution in [-0.2, 0) is 16.1 Å². The van der Waals surface area contributed by atoms with Crippen molar-refractivity contribution in [3.05, 3.63) is 41.6 Å². The summed E-state index contributed by atoms with van der Waals surface area (Å²) < 4.78 is 2.14. The molecule has 0 unspecified atom stereocenters. The van der Waals surface area contributed by atoms with Crippen LogP contribution >= 0.6 is 0 Å². The van der Waals surface area contributed by atoms with Gasteiger partial charge in [0.1, 0.15) is 5.57 Å². The molecule has 6 nitrogen and oxygen atoms in total. The van der Waals surface area contributed by atoms with Gasteiger partial charge in [-0.3, -0.25) is 19.8 Å². The number of rotatable bonds is 4. The highest BCUT2D eigenvalue weighted by Crippen LogP contribution is 2.28. The Labute approximate surface area is 164 Å². The molecule has 0 radical (unpaired) electrons. The van der Waals surface area contributed by atoms with Crippen LogP contribution in [0.3, 0.4) is 0 Å². The Balaban J connectivity index is 1.74. The maximum atomic E-state index is 13.1. The smallest absolute Gasteiger partial charge is 0.331 e. The second kappa shape index (κ2) is 7.62. The van der Waals surface area contributed by atoms with Gasteiger partial charge in [-0.15, -0.1) is 0 Å². The molecule has 1 aromatic carbocycles. The Morgan fingerprint density at radius 3 is 2.61 bits per heavy atom. The number of hydrogen-bond acceptors (Lipinski definition) is 3. The van der Waals surface area contributed by atoms with Crippen molar-refractivity contribution in [3.63, 3.8) is 0 Å². The first kappa shape index (κ1) is 18.5. The lowest BCUT2D eigenvalue weighted by molar-refractivity contribution is -0.132. The number of nitrogens with zero attached hydrogens (tertiary/aromatic N) is 2. The highest BCUT2D eigenvalue weighted by atomic mass is 16.2. The Morgan fingerprint density at radius 2 is 1.86 bits per heavy atom. The molecule has 2 aromatic rings.